The zero-order chi connectivity index (χ0) is 19.1. The third kappa shape index (κ3) is 2.91. The van der Waals surface area contributed by atoms with E-state index in [1.165, 1.54) is 11.1 Å². The summed E-state index contributed by atoms with van der Waals surface area (Å²) in [5.74, 6) is 2.13. The minimum atomic E-state index is 0.422. The van der Waals surface area contributed by atoms with E-state index in [1.807, 2.05) is 30.3 Å². The van der Waals surface area contributed by atoms with E-state index in [-0.39, 0.29) is 0 Å². The zero-order valence-electron chi connectivity index (χ0n) is 16.0. The van der Waals surface area contributed by atoms with Gasteiger partial charge in [-0.2, -0.15) is 4.52 Å². The SMILES string of the molecule is Cc1ccc(C2CC(C)N(c3ccc4nnc(-c5ccccn5)n4n3)C2)cc1. The van der Waals surface area contributed by atoms with E-state index in [9.17, 15) is 0 Å². The first-order valence-corrected chi connectivity index (χ1v) is 9.66. The van der Waals surface area contributed by atoms with Crippen LogP contribution in [0.4, 0.5) is 5.82 Å². The first kappa shape index (κ1) is 16.9. The molecule has 0 radical (unpaired) electrons. The van der Waals surface area contributed by atoms with E-state index in [1.54, 1.807) is 10.7 Å². The predicted molar refractivity (Wildman–Crippen MR) is 109 cm³/mol. The number of benzene rings is 1. The molecule has 0 saturated carbocycles. The average molecular weight is 370 g/mol. The van der Waals surface area contributed by atoms with E-state index in [0.717, 1.165) is 30.1 Å². The van der Waals surface area contributed by atoms with Crippen molar-refractivity contribution in [2.45, 2.75) is 32.2 Å². The maximum absolute atomic E-state index is 4.86. The Morgan fingerprint density at radius 1 is 0.964 bits per heavy atom. The van der Waals surface area contributed by atoms with Crippen LogP contribution in [0.25, 0.3) is 17.2 Å². The fourth-order valence-corrected chi connectivity index (χ4v) is 4.02. The smallest absolute Gasteiger partial charge is 0.203 e. The lowest BCUT2D eigenvalue weighted by atomic mass is 9.96. The van der Waals surface area contributed by atoms with Crippen LogP contribution in [0.1, 0.15) is 30.4 Å². The third-order valence-corrected chi connectivity index (χ3v) is 5.56. The van der Waals surface area contributed by atoms with Gasteiger partial charge in [-0.25, -0.2) is 0 Å². The van der Waals surface area contributed by atoms with Crippen LogP contribution in [0.15, 0.2) is 60.8 Å². The molecular weight excluding hydrogens is 348 g/mol. The van der Waals surface area contributed by atoms with Crippen molar-refractivity contribution in [2.24, 2.45) is 0 Å². The molecule has 1 aromatic carbocycles. The average Bonchev–Trinajstić information content (AvgIpc) is 3.32. The molecule has 1 aliphatic heterocycles. The van der Waals surface area contributed by atoms with Crippen molar-refractivity contribution in [2.75, 3.05) is 11.4 Å². The van der Waals surface area contributed by atoms with Crippen LogP contribution in [0.2, 0.25) is 0 Å². The molecule has 1 aliphatic rings. The number of fused-ring (bicyclic) bond motifs is 1. The van der Waals surface area contributed by atoms with Gasteiger partial charge in [0.1, 0.15) is 11.5 Å². The van der Waals surface area contributed by atoms with E-state index in [4.69, 9.17) is 5.10 Å². The van der Waals surface area contributed by atoms with Gasteiger partial charge >= 0.3 is 0 Å². The summed E-state index contributed by atoms with van der Waals surface area (Å²) < 4.78 is 1.80. The van der Waals surface area contributed by atoms with Gasteiger partial charge in [0.15, 0.2) is 5.65 Å². The number of hydrogen-bond donors (Lipinski definition) is 0. The molecule has 3 aromatic heterocycles. The number of pyridine rings is 1. The summed E-state index contributed by atoms with van der Waals surface area (Å²) in [5.41, 5.74) is 4.20. The summed E-state index contributed by atoms with van der Waals surface area (Å²) in [6, 6.07) is 19.1. The Morgan fingerprint density at radius 2 is 1.82 bits per heavy atom. The minimum Gasteiger partial charge on any atom is -0.352 e. The van der Waals surface area contributed by atoms with Crippen LogP contribution < -0.4 is 4.90 Å². The highest BCUT2D eigenvalue weighted by molar-refractivity contribution is 5.56. The Kier molecular flexibility index (Phi) is 4.04. The Morgan fingerprint density at radius 3 is 2.61 bits per heavy atom. The van der Waals surface area contributed by atoms with Gasteiger partial charge in [-0.1, -0.05) is 35.9 Å². The summed E-state index contributed by atoms with van der Waals surface area (Å²) in [4.78, 5) is 6.78. The van der Waals surface area contributed by atoms with Crippen molar-refractivity contribution >= 4 is 11.5 Å². The number of aromatic nitrogens is 5. The standard InChI is InChI=1S/C22H22N6/c1-15-6-8-17(9-7-15)18-13-16(2)27(14-18)21-11-10-20-24-25-22(28(20)26-21)19-5-3-4-12-23-19/h3-12,16,18H,13-14H2,1-2H3. The fraction of sp³-hybridized carbons (Fsp3) is 0.273. The van der Waals surface area contributed by atoms with Gasteiger partial charge in [-0.3, -0.25) is 4.98 Å². The molecule has 0 N–H and O–H groups in total. The Labute approximate surface area is 163 Å². The summed E-state index contributed by atoms with van der Waals surface area (Å²) in [6.45, 7) is 5.36. The molecule has 4 aromatic rings. The van der Waals surface area contributed by atoms with Crippen LogP contribution in [0, 0.1) is 6.92 Å². The van der Waals surface area contributed by atoms with Crippen LogP contribution in [-0.2, 0) is 0 Å². The van der Waals surface area contributed by atoms with Gasteiger partial charge in [0.25, 0.3) is 0 Å². The van der Waals surface area contributed by atoms with Crippen LogP contribution in [-0.4, -0.2) is 37.4 Å². The molecule has 1 saturated heterocycles. The van der Waals surface area contributed by atoms with Gasteiger partial charge in [-0.15, -0.1) is 15.3 Å². The molecular formula is C22H22N6. The quantitative estimate of drug-likeness (QED) is 0.548. The lowest BCUT2D eigenvalue weighted by Gasteiger charge is -2.22. The first-order valence-electron chi connectivity index (χ1n) is 9.66. The van der Waals surface area contributed by atoms with Crippen molar-refractivity contribution in [1.82, 2.24) is 24.8 Å². The number of rotatable bonds is 3. The molecule has 0 amide bonds. The van der Waals surface area contributed by atoms with Gasteiger partial charge in [0.2, 0.25) is 5.82 Å². The Bertz CT molecular complexity index is 1100. The van der Waals surface area contributed by atoms with E-state index in [2.05, 4.69) is 58.2 Å². The fourth-order valence-electron chi connectivity index (χ4n) is 4.02. The second-order valence-corrected chi connectivity index (χ2v) is 7.54. The molecule has 5 rings (SSSR count). The number of nitrogens with zero attached hydrogens (tertiary/aromatic N) is 6. The van der Waals surface area contributed by atoms with Gasteiger partial charge < -0.3 is 4.90 Å². The molecule has 6 nitrogen and oxygen atoms in total. The summed E-state index contributed by atoms with van der Waals surface area (Å²) in [6.07, 6.45) is 2.88. The third-order valence-electron chi connectivity index (χ3n) is 5.56. The highest BCUT2D eigenvalue weighted by atomic mass is 15.4. The molecule has 1 fully saturated rings. The highest BCUT2D eigenvalue weighted by Crippen LogP contribution is 2.34. The summed E-state index contributed by atoms with van der Waals surface area (Å²) in [5, 5.41) is 13.4. The number of hydrogen-bond acceptors (Lipinski definition) is 5. The van der Waals surface area contributed by atoms with Crippen molar-refractivity contribution < 1.29 is 0 Å². The monoisotopic (exact) mass is 370 g/mol. The largest absolute Gasteiger partial charge is 0.352 e. The molecule has 4 heterocycles. The number of aryl methyl sites for hydroxylation is 1. The van der Waals surface area contributed by atoms with Crippen molar-refractivity contribution in [1.29, 1.82) is 0 Å². The van der Waals surface area contributed by atoms with Gasteiger partial charge in [0.05, 0.1) is 0 Å². The zero-order valence-corrected chi connectivity index (χ0v) is 16.0. The maximum atomic E-state index is 4.86. The van der Waals surface area contributed by atoms with Crippen molar-refractivity contribution in [3.8, 4) is 11.5 Å². The molecule has 140 valence electrons. The van der Waals surface area contributed by atoms with Crippen molar-refractivity contribution in [3.63, 3.8) is 0 Å². The van der Waals surface area contributed by atoms with E-state index in [0.29, 0.717) is 17.8 Å². The van der Waals surface area contributed by atoms with Crippen LogP contribution >= 0.6 is 0 Å². The molecule has 28 heavy (non-hydrogen) atoms. The lowest BCUT2D eigenvalue weighted by molar-refractivity contribution is 0.693. The summed E-state index contributed by atoms with van der Waals surface area (Å²) >= 11 is 0. The second kappa shape index (κ2) is 6.71. The van der Waals surface area contributed by atoms with Crippen LogP contribution in [0.5, 0.6) is 0 Å². The summed E-state index contributed by atoms with van der Waals surface area (Å²) in [7, 11) is 0. The second-order valence-electron chi connectivity index (χ2n) is 7.54. The molecule has 2 atom stereocenters. The highest BCUT2D eigenvalue weighted by Gasteiger charge is 2.31. The van der Waals surface area contributed by atoms with Gasteiger partial charge in [-0.05, 0) is 50.1 Å². The first-order chi connectivity index (χ1) is 13.7. The van der Waals surface area contributed by atoms with Crippen molar-refractivity contribution in [3.05, 3.63) is 71.9 Å². The molecule has 0 spiro atoms. The predicted octanol–water partition coefficient (Wildman–Crippen LogP) is 3.88. The lowest BCUT2D eigenvalue weighted by Crippen LogP contribution is -2.28. The molecule has 6 heteroatoms. The molecule has 0 aliphatic carbocycles. The minimum absolute atomic E-state index is 0.422. The normalized spacial score (nSPS) is 19.4. The van der Waals surface area contributed by atoms with E-state index >= 15 is 0 Å². The van der Waals surface area contributed by atoms with Crippen LogP contribution in [0.3, 0.4) is 0 Å². The van der Waals surface area contributed by atoms with E-state index < -0.39 is 0 Å². The van der Waals surface area contributed by atoms with Gasteiger partial charge in [0, 0.05) is 24.7 Å². The molecule has 2 unspecified atom stereocenters. The maximum Gasteiger partial charge on any atom is 0.203 e. The Balaban J connectivity index is 1.48. The topological polar surface area (TPSA) is 59.2 Å². The number of anilines is 1. The Hall–Kier alpha value is -3.28. The molecule has 0 bridgehead atoms.